The Labute approximate surface area is 141 Å². The molecule has 3 rings (SSSR count). The van der Waals surface area contributed by atoms with Crippen LogP contribution in [0.1, 0.15) is 11.1 Å². The molecule has 4 nitrogen and oxygen atoms in total. The van der Waals surface area contributed by atoms with E-state index in [1.165, 1.54) is 11.1 Å². The van der Waals surface area contributed by atoms with Gasteiger partial charge < -0.3 is 10.2 Å². The van der Waals surface area contributed by atoms with Crippen molar-refractivity contribution in [3.63, 3.8) is 0 Å². The van der Waals surface area contributed by atoms with Crippen LogP contribution in [-0.2, 0) is 13.0 Å². The van der Waals surface area contributed by atoms with Gasteiger partial charge in [-0.2, -0.15) is 11.3 Å². The van der Waals surface area contributed by atoms with E-state index in [1.807, 2.05) is 16.3 Å². The van der Waals surface area contributed by atoms with Crippen LogP contribution in [0.15, 0.2) is 47.2 Å². The molecular weight excluding hydrogens is 306 g/mol. The van der Waals surface area contributed by atoms with Gasteiger partial charge >= 0.3 is 6.03 Å². The number of nitrogens with zero attached hydrogens (tertiary/aromatic N) is 2. The minimum absolute atomic E-state index is 0.0545. The smallest absolute Gasteiger partial charge is 0.317 e. The van der Waals surface area contributed by atoms with E-state index < -0.39 is 0 Å². The fourth-order valence-electron chi connectivity index (χ4n) is 2.79. The molecule has 23 heavy (non-hydrogen) atoms. The first-order valence-electron chi connectivity index (χ1n) is 8.11. The van der Waals surface area contributed by atoms with Crippen LogP contribution in [0.4, 0.5) is 4.79 Å². The van der Waals surface area contributed by atoms with Crippen LogP contribution in [0.25, 0.3) is 0 Å². The zero-order chi connectivity index (χ0) is 15.9. The van der Waals surface area contributed by atoms with E-state index in [9.17, 15) is 4.79 Å². The zero-order valence-electron chi connectivity index (χ0n) is 13.3. The van der Waals surface area contributed by atoms with Gasteiger partial charge in [0.2, 0.25) is 0 Å². The average Bonchev–Trinajstić information content (AvgIpc) is 3.13. The molecule has 1 aliphatic heterocycles. The zero-order valence-corrected chi connectivity index (χ0v) is 14.1. The third-order valence-electron chi connectivity index (χ3n) is 4.24. The molecule has 1 aromatic heterocycles. The average molecular weight is 329 g/mol. The highest BCUT2D eigenvalue weighted by Crippen LogP contribution is 2.07. The summed E-state index contributed by atoms with van der Waals surface area (Å²) in [7, 11) is 0. The summed E-state index contributed by atoms with van der Waals surface area (Å²) in [6, 6.07) is 12.7. The first-order valence-corrected chi connectivity index (χ1v) is 9.06. The quantitative estimate of drug-likeness (QED) is 0.915. The molecule has 0 unspecified atom stereocenters. The van der Waals surface area contributed by atoms with Crippen molar-refractivity contribution in [3.8, 4) is 0 Å². The summed E-state index contributed by atoms with van der Waals surface area (Å²) in [6.45, 7) is 5.22. The number of urea groups is 1. The van der Waals surface area contributed by atoms with Gasteiger partial charge in [-0.15, -0.1) is 0 Å². The number of amides is 2. The number of rotatable bonds is 5. The van der Waals surface area contributed by atoms with Gasteiger partial charge in [0, 0.05) is 39.3 Å². The van der Waals surface area contributed by atoms with Gasteiger partial charge in [-0.05, 0) is 34.4 Å². The maximum atomic E-state index is 12.2. The Bertz CT molecular complexity index is 592. The normalized spacial score (nSPS) is 15.6. The summed E-state index contributed by atoms with van der Waals surface area (Å²) in [5, 5.41) is 7.11. The Morgan fingerprint density at radius 1 is 1.04 bits per heavy atom. The van der Waals surface area contributed by atoms with Crippen molar-refractivity contribution in [3.05, 3.63) is 58.3 Å². The van der Waals surface area contributed by atoms with E-state index in [-0.39, 0.29) is 6.03 Å². The van der Waals surface area contributed by atoms with Gasteiger partial charge in [0.1, 0.15) is 0 Å². The Morgan fingerprint density at radius 2 is 1.83 bits per heavy atom. The lowest BCUT2D eigenvalue weighted by Gasteiger charge is -2.34. The maximum absolute atomic E-state index is 12.2. The van der Waals surface area contributed by atoms with Crippen molar-refractivity contribution in [2.24, 2.45) is 0 Å². The molecule has 5 heteroatoms. The molecule has 2 amide bonds. The summed E-state index contributed by atoms with van der Waals surface area (Å²) < 4.78 is 0. The van der Waals surface area contributed by atoms with E-state index in [2.05, 4.69) is 45.9 Å². The molecule has 0 saturated carbocycles. The molecule has 0 atom stereocenters. The fourth-order valence-corrected chi connectivity index (χ4v) is 3.46. The molecule has 1 aliphatic rings. The maximum Gasteiger partial charge on any atom is 0.317 e. The predicted molar refractivity (Wildman–Crippen MR) is 94.7 cm³/mol. The first-order chi connectivity index (χ1) is 11.3. The van der Waals surface area contributed by atoms with Crippen molar-refractivity contribution < 1.29 is 4.79 Å². The van der Waals surface area contributed by atoms with Crippen molar-refractivity contribution in [1.82, 2.24) is 15.1 Å². The van der Waals surface area contributed by atoms with Crippen LogP contribution in [0.3, 0.4) is 0 Å². The number of piperazine rings is 1. The number of hydrogen-bond donors (Lipinski definition) is 1. The summed E-state index contributed by atoms with van der Waals surface area (Å²) in [6.07, 6.45) is 1.07. The van der Waals surface area contributed by atoms with Gasteiger partial charge in [0.05, 0.1) is 0 Å². The SMILES string of the molecule is O=C(NCc1ccsc1)N1CCN(CCc2ccccc2)CC1. The highest BCUT2D eigenvalue weighted by molar-refractivity contribution is 7.07. The molecule has 2 heterocycles. The van der Waals surface area contributed by atoms with Gasteiger partial charge in [-0.3, -0.25) is 4.90 Å². The van der Waals surface area contributed by atoms with Crippen molar-refractivity contribution in [2.75, 3.05) is 32.7 Å². The summed E-state index contributed by atoms with van der Waals surface area (Å²) in [4.78, 5) is 16.5. The van der Waals surface area contributed by atoms with Gasteiger partial charge in [-0.1, -0.05) is 30.3 Å². The number of thiophene rings is 1. The summed E-state index contributed by atoms with van der Waals surface area (Å²) in [5.41, 5.74) is 2.55. The fraction of sp³-hybridized carbons (Fsp3) is 0.389. The standard InChI is InChI=1S/C18H23N3OS/c22-18(19-14-17-7-13-23-15-17)21-11-9-20(10-12-21)8-6-16-4-2-1-3-5-16/h1-5,7,13,15H,6,8-12,14H2,(H,19,22). The van der Waals surface area contributed by atoms with Crippen LogP contribution < -0.4 is 5.32 Å². The molecule has 1 fully saturated rings. The highest BCUT2D eigenvalue weighted by atomic mass is 32.1. The highest BCUT2D eigenvalue weighted by Gasteiger charge is 2.20. The van der Waals surface area contributed by atoms with Crippen molar-refractivity contribution in [2.45, 2.75) is 13.0 Å². The van der Waals surface area contributed by atoms with Crippen molar-refractivity contribution in [1.29, 1.82) is 0 Å². The molecule has 0 radical (unpaired) electrons. The van der Waals surface area contributed by atoms with Crippen LogP contribution in [-0.4, -0.2) is 48.6 Å². The predicted octanol–water partition coefficient (Wildman–Crippen LogP) is 2.82. The second-order valence-electron chi connectivity index (χ2n) is 5.85. The number of carbonyl (C=O) groups is 1. The monoisotopic (exact) mass is 329 g/mol. The molecule has 0 bridgehead atoms. The van der Waals surface area contributed by atoms with Crippen LogP contribution in [0.5, 0.6) is 0 Å². The van der Waals surface area contributed by atoms with E-state index in [0.717, 1.165) is 39.1 Å². The lowest BCUT2D eigenvalue weighted by molar-refractivity contribution is 0.140. The minimum Gasteiger partial charge on any atom is -0.334 e. The molecular formula is C18H23N3OS. The van der Waals surface area contributed by atoms with Gasteiger partial charge in [0.25, 0.3) is 0 Å². The van der Waals surface area contributed by atoms with Gasteiger partial charge in [-0.25, -0.2) is 4.79 Å². The molecule has 0 spiro atoms. The third-order valence-corrected chi connectivity index (χ3v) is 4.97. The van der Waals surface area contributed by atoms with E-state index in [0.29, 0.717) is 6.54 Å². The second-order valence-corrected chi connectivity index (χ2v) is 6.63. The number of benzene rings is 1. The Morgan fingerprint density at radius 3 is 2.52 bits per heavy atom. The summed E-state index contributed by atoms with van der Waals surface area (Å²) in [5.74, 6) is 0. The lowest BCUT2D eigenvalue weighted by atomic mass is 10.1. The number of carbonyl (C=O) groups excluding carboxylic acids is 1. The summed E-state index contributed by atoms with van der Waals surface area (Å²) >= 11 is 1.66. The lowest BCUT2D eigenvalue weighted by Crippen LogP contribution is -2.51. The Balaban J connectivity index is 1.37. The molecule has 2 aromatic rings. The largest absolute Gasteiger partial charge is 0.334 e. The van der Waals surface area contributed by atoms with E-state index in [4.69, 9.17) is 0 Å². The van der Waals surface area contributed by atoms with Gasteiger partial charge in [0.15, 0.2) is 0 Å². The number of hydrogen-bond acceptors (Lipinski definition) is 3. The van der Waals surface area contributed by atoms with Crippen LogP contribution in [0, 0.1) is 0 Å². The van der Waals surface area contributed by atoms with Crippen LogP contribution in [0.2, 0.25) is 0 Å². The molecule has 1 saturated heterocycles. The van der Waals surface area contributed by atoms with E-state index >= 15 is 0 Å². The topological polar surface area (TPSA) is 35.6 Å². The molecule has 0 aliphatic carbocycles. The molecule has 1 N–H and O–H groups in total. The Hall–Kier alpha value is -1.85. The van der Waals surface area contributed by atoms with Crippen molar-refractivity contribution >= 4 is 17.4 Å². The Kier molecular flexibility index (Phi) is 5.66. The minimum atomic E-state index is 0.0545. The second kappa shape index (κ2) is 8.13. The van der Waals surface area contributed by atoms with E-state index in [1.54, 1.807) is 11.3 Å². The third kappa shape index (κ3) is 4.81. The van der Waals surface area contributed by atoms with Crippen LogP contribution >= 0.6 is 11.3 Å². The molecule has 122 valence electrons. The number of nitrogens with one attached hydrogen (secondary N) is 1. The molecule has 1 aromatic carbocycles. The first kappa shape index (κ1) is 16.0.